The number of carbonyl (C=O) groups is 1. The molecule has 0 fully saturated rings. The van der Waals surface area contributed by atoms with E-state index in [2.05, 4.69) is 0 Å². The zero-order chi connectivity index (χ0) is 22.8. The Morgan fingerprint density at radius 2 is 1.77 bits per heavy atom. The first-order chi connectivity index (χ1) is 14.6. The fourth-order valence-electron chi connectivity index (χ4n) is 3.22. The van der Waals surface area contributed by atoms with Crippen LogP contribution in [0.1, 0.15) is 33.5 Å². The lowest BCUT2D eigenvalue weighted by molar-refractivity contribution is -0.119. The molecule has 0 unspecified atom stereocenters. The maximum atomic E-state index is 12.5. The average molecular weight is 425 g/mol. The summed E-state index contributed by atoms with van der Waals surface area (Å²) < 4.78 is 17.0. The largest absolute Gasteiger partial charge is 0.489 e. The Balaban J connectivity index is 2.24. The number of hydrogen-bond donors (Lipinski definition) is 2. The second-order valence-electron chi connectivity index (χ2n) is 8.32. The summed E-state index contributed by atoms with van der Waals surface area (Å²) in [6.07, 6.45) is 0. The number of hydrogen-bond acceptors (Lipinski definition) is 6. The van der Waals surface area contributed by atoms with Crippen LogP contribution in [0.25, 0.3) is 21.9 Å². The highest BCUT2D eigenvalue weighted by atomic mass is 16.5. The van der Waals surface area contributed by atoms with Gasteiger partial charge in [-0.15, -0.1) is 0 Å². The van der Waals surface area contributed by atoms with Gasteiger partial charge >= 0.3 is 5.63 Å². The summed E-state index contributed by atoms with van der Waals surface area (Å²) in [5, 5.41) is 11.7. The average Bonchev–Trinajstić information content (AvgIpc) is 2.70. The fraction of sp³-hybridized carbons (Fsp3) is 0.333. The van der Waals surface area contributed by atoms with Crippen LogP contribution in [-0.2, 0) is 10.4 Å². The minimum absolute atomic E-state index is 0.132. The van der Waals surface area contributed by atoms with Gasteiger partial charge in [-0.1, -0.05) is 38.1 Å². The number of aliphatic hydroxyl groups is 1. The third-order valence-electron chi connectivity index (χ3n) is 4.57. The van der Waals surface area contributed by atoms with Crippen LogP contribution in [0, 0.1) is 5.92 Å². The second-order valence-corrected chi connectivity index (χ2v) is 8.32. The summed E-state index contributed by atoms with van der Waals surface area (Å²) in [5.74, 6) is 0.596. The van der Waals surface area contributed by atoms with Crippen molar-refractivity contribution in [3.8, 4) is 22.6 Å². The van der Waals surface area contributed by atoms with Crippen LogP contribution in [0.5, 0.6) is 11.5 Å². The van der Waals surface area contributed by atoms with Crippen LogP contribution in [-0.4, -0.2) is 24.2 Å². The molecule has 7 heteroatoms. The lowest BCUT2D eigenvalue weighted by Crippen LogP contribution is -2.21. The molecule has 0 radical (unpaired) electrons. The van der Waals surface area contributed by atoms with E-state index in [-0.39, 0.29) is 18.3 Å². The molecule has 0 atom stereocenters. The molecular formula is C24H27NO6. The van der Waals surface area contributed by atoms with E-state index < -0.39 is 17.1 Å². The molecular weight excluding hydrogens is 398 g/mol. The zero-order valence-electron chi connectivity index (χ0n) is 18.1. The van der Waals surface area contributed by atoms with Crippen LogP contribution in [0.4, 0.5) is 0 Å². The summed E-state index contributed by atoms with van der Waals surface area (Å²) in [4.78, 5) is 23.8. The third-order valence-corrected chi connectivity index (χ3v) is 4.57. The van der Waals surface area contributed by atoms with Crippen molar-refractivity contribution in [3.63, 3.8) is 0 Å². The Morgan fingerprint density at radius 1 is 1.10 bits per heavy atom. The van der Waals surface area contributed by atoms with Crippen LogP contribution in [0.15, 0.2) is 51.7 Å². The number of amides is 1. The summed E-state index contributed by atoms with van der Waals surface area (Å²) in [7, 11) is 0. The van der Waals surface area contributed by atoms with Gasteiger partial charge in [0, 0.05) is 10.9 Å². The highest BCUT2D eigenvalue weighted by Gasteiger charge is 2.28. The highest BCUT2D eigenvalue weighted by Crippen LogP contribution is 2.40. The van der Waals surface area contributed by atoms with Crippen molar-refractivity contribution in [1.29, 1.82) is 0 Å². The standard InChI is InChI=1S/C24H27NO6/c1-14(2)12-29-18-10-9-15(11-19(18)30-13-20(25)26)21-16-7-5-6-8-17(16)23(27)31-22(21)24(3,4)28/h5-11,14,28H,12-13H2,1-4H3,(H2,25,26). The molecule has 0 saturated carbocycles. The zero-order valence-corrected chi connectivity index (χ0v) is 18.1. The minimum Gasteiger partial charge on any atom is -0.489 e. The SMILES string of the molecule is CC(C)COc1ccc(-c2c(C(C)(C)O)oc(=O)c3ccccc23)cc1OCC(N)=O. The topological polar surface area (TPSA) is 112 Å². The van der Waals surface area contributed by atoms with E-state index in [0.717, 1.165) is 0 Å². The summed E-state index contributed by atoms with van der Waals surface area (Å²) in [5.41, 5.74) is 4.49. The van der Waals surface area contributed by atoms with Crippen molar-refractivity contribution >= 4 is 16.7 Å². The predicted molar refractivity (Wildman–Crippen MR) is 118 cm³/mol. The van der Waals surface area contributed by atoms with Crippen LogP contribution in [0.3, 0.4) is 0 Å². The lowest BCUT2D eigenvalue weighted by atomic mass is 9.92. The monoisotopic (exact) mass is 425 g/mol. The van der Waals surface area contributed by atoms with Gasteiger partial charge in [0.1, 0.15) is 11.4 Å². The molecule has 0 aliphatic heterocycles. The maximum Gasteiger partial charge on any atom is 0.343 e. The number of fused-ring (bicyclic) bond motifs is 1. The molecule has 3 aromatic rings. The van der Waals surface area contributed by atoms with Crippen molar-refractivity contribution in [2.45, 2.75) is 33.3 Å². The van der Waals surface area contributed by atoms with Gasteiger partial charge in [0.25, 0.3) is 5.91 Å². The van der Waals surface area contributed by atoms with Crippen molar-refractivity contribution in [3.05, 3.63) is 58.6 Å². The van der Waals surface area contributed by atoms with Gasteiger partial charge in [-0.2, -0.15) is 0 Å². The maximum absolute atomic E-state index is 12.5. The fourth-order valence-corrected chi connectivity index (χ4v) is 3.22. The Kier molecular flexibility index (Phi) is 6.36. The molecule has 3 N–H and O–H groups in total. The number of primary amides is 1. The molecule has 0 saturated heterocycles. The number of rotatable bonds is 8. The van der Waals surface area contributed by atoms with E-state index in [1.807, 2.05) is 19.9 Å². The predicted octanol–water partition coefficient (Wildman–Crippen LogP) is 3.59. The van der Waals surface area contributed by atoms with Gasteiger partial charge in [0.05, 0.1) is 12.0 Å². The Bertz CT molecular complexity index is 1160. The van der Waals surface area contributed by atoms with Crippen LogP contribution < -0.4 is 20.8 Å². The van der Waals surface area contributed by atoms with E-state index in [0.29, 0.717) is 40.0 Å². The summed E-state index contributed by atoms with van der Waals surface area (Å²) in [6.45, 7) is 7.29. The molecule has 31 heavy (non-hydrogen) atoms. The first-order valence-electron chi connectivity index (χ1n) is 10.0. The van der Waals surface area contributed by atoms with Gasteiger partial charge in [-0.3, -0.25) is 4.79 Å². The summed E-state index contributed by atoms with van der Waals surface area (Å²) in [6, 6.07) is 12.2. The second kappa shape index (κ2) is 8.81. The van der Waals surface area contributed by atoms with Crippen molar-refractivity contribution in [2.75, 3.05) is 13.2 Å². The third kappa shape index (κ3) is 5.06. The molecule has 2 aromatic carbocycles. The Labute approximate surface area is 180 Å². The van der Waals surface area contributed by atoms with E-state index >= 15 is 0 Å². The van der Waals surface area contributed by atoms with Gasteiger partial charge in [-0.25, -0.2) is 4.79 Å². The molecule has 3 rings (SSSR count). The van der Waals surface area contributed by atoms with Crippen LogP contribution in [0.2, 0.25) is 0 Å². The molecule has 1 amide bonds. The van der Waals surface area contributed by atoms with E-state index in [9.17, 15) is 14.7 Å². The lowest BCUT2D eigenvalue weighted by Gasteiger charge is -2.22. The smallest absolute Gasteiger partial charge is 0.343 e. The molecule has 1 aromatic heterocycles. The van der Waals surface area contributed by atoms with Crippen LogP contribution >= 0.6 is 0 Å². The molecule has 7 nitrogen and oxygen atoms in total. The Hall–Kier alpha value is -3.32. The quantitative estimate of drug-likeness (QED) is 0.570. The van der Waals surface area contributed by atoms with Crippen molar-refractivity contribution in [2.24, 2.45) is 11.7 Å². The van der Waals surface area contributed by atoms with E-state index in [1.165, 1.54) is 0 Å². The molecule has 0 bridgehead atoms. The number of carbonyl (C=O) groups excluding carboxylic acids is 1. The van der Waals surface area contributed by atoms with Gasteiger partial charge in [0.15, 0.2) is 18.1 Å². The molecule has 164 valence electrons. The molecule has 1 heterocycles. The molecule has 0 spiro atoms. The first kappa shape index (κ1) is 22.4. The van der Waals surface area contributed by atoms with Gasteiger partial charge < -0.3 is 24.7 Å². The van der Waals surface area contributed by atoms with E-state index in [4.69, 9.17) is 19.6 Å². The molecule has 0 aliphatic carbocycles. The number of benzene rings is 2. The van der Waals surface area contributed by atoms with Crippen molar-refractivity contribution < 1.29 is 23.8 Å². The van der Waals surface area contributed by atoms with E-state index in [1.54, 1.807) is 50.2 Å². The van der Waals surface area contributed by atoms with Gasteiger partial charge in [0.2, 0.25) is 0 Å². The number of ether oxygens (including phenoxy) is 2. The van der Waals surface area contributed by atoms with Gasteiger partial charge in [-0.05, 0) is 43.5 Å². The summed E-state index contributed by atoms with van der Waals surface area (Å²) >= 11 is 0. The van der Waals surface area contributed by atoms with Crippen molar-refractivity contribution in [1.82, 2.24) is 0 Å². The Morgan fingerprint density at radius 3 is 2.39 bits per heavy atom. The minimum atomic E-state index is -1.42. The first-order valence-corrected chi connectivity index (χ1v) is 10.0. The molecule has 0 aliphatic rings. The normalized spacial score (nSPS) is 11.7. The highest BCUT2D eigenvalue weighted by molar-refractivity contribution is 5.97. The number of nitrogens with two attached hydrogens (primary N) is 1.